The van der Waals surface area contributed by atoms with E-state index in [0.717, 1.165) is 49.5 Å². The first-order valence-electron chi connectivity index (χ1n) is 7.63. The quantitative estimate of drug-likeness (QED) is 0.523. The van der Waals surface area contributed by atoms with E-state index in [0.29, 0.717) is 0 Å². The Kier molecular flexibility index (Phi) is 3.58. The molecule has 4 rings (SSSR count). The molecule has 1 N–H and O–H groups in total. The largest absolute Gasteiger partial charge is 0.497 e. The Morgan fingerprint density at radius 1 is 0.833 bits per heavy atom. The Bertz CT molecular complexity index is 1040. The van der Waals surface area contributed by atoms with E-state index in [1.807, 2.05) is 42.5 Å². The van der Waals surface area contributed by atoms with Gasteiger partial charge >= 0.3 is 0 Å². The molecule has 1 heterocycles. The Labute approximate surface area is 144 Å². The summed E-state index contributed by atoms with van der Waals surface area (Å²) in [5.41, 5.74) is 3.22. The number of rotatable bonds is 3. The van der Waals surface area contributed by atoms with Crippen molar-refractivity contribution in [2.24, 2.45) is 0 Å². The van der Waals surface area contributed by atoms with Crippen LogP contribution in [-0.2, 0) is 0 Å². The third-order valence-corrected chi connectivity index (χ3v) is 4.52. The van der Waals surface area contributed by atoms with Gasteiger partial charge in [0.05, 0.1) is 19.7 Å². The van der Waals surface area contributed by atoms with Crippen molar-refractivity contribution in [3.63, 3.8) is 0 Å². The number of hydrogen-bond acceptors (Lipinski definition) is 2. The highest BCUT2D eigenvalue weighted by atomic mass is 35.5. The minimum Gasteiger partial charge on any atom is -0.497 e. The Hall–Kier alpha value is -2.65. The molecule has 120 valence electrons. The van der Waals surface area contributed by atoms with E-state index >= 15 is 0 Å². The van der Waals surface area contributed by atoms with Gasteiger partial charge in [-0.1, -0.05) is 23.7 Å². The summed E-state index contributed by atoms with van der Waals surface area (Å²) in [5.74, 6) is 1.64. The second kappa shape index (κ2) is 5.77. The van der Waals surface area contributed by atoms with E-state index in [9.17, 15) is 0 Å². The van der Waals surface area contributed by atoms with Crippen molar-refractivity contribution in [1.29, 1.82) is 0 Å². The molecule has 0 spiro atoms. The molecule has 0 aliphatic carbocycles. The molecule has 0 aliphatic rings. The Balaban J connectivity index is 1.98. The van der Waals surface area contributed by atoms with Gasteiger partial charge in [-0.3, -0.25) is 0 Å². The molecule has 4 aromatic rings. The summed E-state index contributed by atoms with van der Waals surface area (Å²) in [6.45, 7) is 0. The third-order valence-electron chi connectivity index (χ3n) is 4.27. The van der Waals surface area contributed by atoms with Crippen LogP contribution >= 0.6 is 11.6 Å². The Morgan fingerprint density at radius 2 is 1.62 bits per heavy atom. The molecule has 0 fully saturated rings. The molecule has 4 heteroatoms. The van der Waals surface area contributed by atoms with Crippen LogP contribution in [0.25, 0.3) is 32.9 Å². The molecule has 3 nitrogen and oxygen atoms in total. The fraction of sp³-hybridized carbons (Fsp3) is 0.100. The average molecular weight is 338 g/mol. The molecule has 3 aromatic carbocycles. The topological polar surface area (TPSA) is 34.2 Å². The number of nitrogens with one attached hydrogen (secondary N) is 1. The SMILES string of the molecule is COc1ccc2c(c1)c(OC)cc1cc(-c3ccc(Cl)cc3)[nH]c12. The molecule has 24 heavy (non-hydrogen) atoms. The molecule has 0 saturated heterocycles. The van der Waals surface area contributed by atoms with E-state index in [-0.39, 0.29) is 0 Å². The van der Waals surface area contributed by atoms with Crippen LogP contribution in [0.1, 0.15) is 0 Å². The zero-order valence-electron chi connectivity index (χ0n) is 13.4. The van der Waals surface area contributed by atoms with Crippen molar-refractivity contribution >= 4 is 33.3 Å². The van der Waals surface area contributed by atoms with Gasteiger partial charge in [-0.05, 0) is 48.0 Å². The van der Waals surface area contributed by atoms with Gasteiger partial charge in [0.1, 0.15) is 11.5 Å². The molecular weight excluding hydrogens is 322 g/mol. The van der Waals surface area contributed by atoms with E-state index in [4.69, 9.17) is 21.1 Å². The molecule has 0 aliphatic heterocycles. The van der Waals surface area contributed by atoms with Gasteiger partial charge in [0.15, 0.2) is 0 Å². The summed E-state index contributed by atoms with van der Waals surface area (Å²) >= 11 is 5.99. The third kappa shape index (κ3) is 2.38. The lowest BCUT2D eigenvalue weighted by Crippen LogP contribution is -1.88. The second-order valence-electron chi connectivity index (χ2n) is 5.64. The zero-order chi connectivity index (χ0) is 16.7. The molecule has 0 bridgehead atoms. The van der Waals surface area contributed by atoms with Crippen LogP contribution in [0.5, 0.6) is 11.5 Å². The fourth-order valence-electron chi connectivity index (χ4n) is 3.05. The van der Waals surface area contributed by atoms with Crippen LogP contribution in [0.2, 0.25) is 5.02 Å². The van der Waals surface area contributed by atoms with E-state index in [1.165, 1.54) is 0 Å². The van der Waals surface area contributed by atoms with Crippen LogP contribution in [0.4, 0.5) is 0 Å². The first-order chi connectivity index (χ1) is 11.7. The van der Waals surface area contributed by atoms with Gasteiger partial charge in [-0.15, -0.1) is 0 Å². The highest BCUT2D eigenvalue weighted by Gasteiger charge is 2.12. The summed E-state index contributed by atoms with van der Waals surface area (Å²) in [4.78, 5) is 3.52. The van der Waals surface area contributed by atoms with Crippen molar-refractivity contribution in [2.45, 2.75) is 0 Å². The van der Waals surface area contributed by atoms with Gasteiger partial charge in [-0.25, -0.2) is 0 Å². The first kappa shape index (κ1) is 14.9. The lowest BCUT2D eigenvalue weighted by atomic mass is 10.1. The molecule has 1 aromatic heterocycles. The van der Waals surface area contributed by atoms with Crippen molar-refractivity contribution in [1.82, 2.24) is 4.98 Å². The maximum atomic E-state index is 5.99. The summed E-state index contributed by atoms with van der Waals surface area (Å²) < 4.78 is 10.9. The van der Waals surface area contributed by atoms with Gasteiger partial charge in [-0.2, -0.15) is 0 Å². The van der Waals surface area contributed by atoms with E-state index in [2.05, 4.69) is 17.1 Å². The van der Waals surface area contributed by atoms with Crippen molar-refractivity contribution in [3.05, 3.63) is 59.6 Å². The summed E-state index contributed by atoms with van der Waals surface area (Å²) in [6, 6.07) is 18.0. The first-order valence-corrected chi connectivity index (χ1v) is 8.01. The highest BCUT2D eigenvalue weighted by molar-refractivity contribution is 6.30. The minimum atomic E-state index is 0.731. The maximum Gasteiger partial charge on any atom is 0.127 e. The monoisotopic (exact) mass is 337 g/mol. The molecular formula is C20H16ClNO2. The number of H-pyrrole nitrogens is 1. The van der Waals surface area contributed by atoms with E-state index < -0.39 is 0 Å². The summed E-state index contributed by atoms with van der Waals surface area (Å²) in [7, 11) is 3.35. The predicted octanol–water partition coefficient (Wildman–Crippen LogP) is 5.66. The van der Waals surface area contributed by atoms with Crippen LogP contribution in [0.3, 0.4) is 0 Å². The normalized spacial score (nSPS) is 11.1. The number of methoxy groups -OCH3 is 2. The van der Waals surface area contributed by atoms with Crippen LogP contribution in [0, 0.1) is 0 Å². The van der Waals surface area contributed by atoms with Crippen molar-refractivity contribution < 1.29 is 9.47 Å². The number of ether oxygens (including phenoxy) is 2. The fourth-order valence-corrected chi connectivity index (χ4v) is 3.18. The smallest absolute Gasteiger partial charge is 0.127 e. The average Bonchev–Trinajstić information content (AvgIpc) is 3.05. The van der Waals surface area contributed by atoms with Gasteiger partial charge in [0.2, 0.25) is 0 Å². The number of fused-ring (bicyclic) bond motifs is 3. The number of hydrogen-bond donors (Lipinski definition) is 1. The zero-order valence-corrected chi connectivity index (χ0v) is 14.1. The molecule has 0 saturated carbocycles. The number of aromatic nitrogens is 1. The number of aromatic amines is 1. The van der Waals surface area contributed by atoms with Crippen LogP contribution in [0.15, 0.2) is 54.6 Å². The molecule has 0 atom stereocenters. The molecule has 0 radical (unpaired) electrons. The highest BCUT2D eigenvalue weighted by Crippen LogP contribution is 2.37. The lowest BCUT2D eigenvalue weighted by molar-refractivity contribution is 0.412. The van der Waals surface area contributed by atoms with Gasteiger partial charge < -0.3 is 14.5 Å². The predicted molar refractivity (Wildman–Crippen MR) is 99.4 cm³/mol. The second-order valence-corrected chi connectivity index (χ2v) is 6.08. The van der Waals surface area contributed by atoms with Crippen LogP contribution < -0.4 is 9.47 Å². The maximum absolute atomic E-state index is 5.99. The van der Waals surface area contributed by atoms with E-state index in [1.54, 1.807) is 14.2 Å². The van der Waals surface area contributed by atoms with Gasteiger partial charge in [0.25, 0.3) is 0 Å². The summed E-state index contributed by atoms with van der Waals surface area (Å²) in [5, 5.41) is 3.96. The minimum absolute atomic E-state index is 0.731. The molecule has 0 amide bonds. The lowest BCUT2D eigenvalue weighted by Gasteiger charge is -2.08. The number of halogens is 1. The standard InChI is InChI=1S/C20H16ClNO2/c1-23-15-7-8-16-17(11-15)19(24-2)10-13-9-18(22-20(13)16)12-3-5-14(21)6-4-12/h3-11,22H,1-2H3. The summed E-state index contributed by atoms with van der Waals surface area (Å²) in [6.07, 6.45) is 0. The van der Waals surface area contributed by atoms with Crippen LogP contribution in [-0.4, -0.2) is 19.2 Å². The molecule has 0 unspecified atom stereocenters. The van der Waals surface area contributed by atoms with Crippen molar-refractivity contribution in [2.75, 3.05) is 14.2 Å². The van der Waals surface area contributed by atoms with Gasteiger partial charge in [0, 0.05) is 26.9 Å². The Morgan fingerprint density at radius 3 is 2.33 bits per heavy atom. The van der Waals surface area contributed by atoms with Crippen molar-refractivity contribution in [3.8, 4) is 22.8 Å². The number of benzene rings is 3.